The van der Waals surface area contributed by atoms with Crippen LogP contribution in [0.15, 0.2) is 139 Å². The topological polar surface area (TPSA) is 0 Å². The van der Waals surface area contributed by atoms with Crippen molar-refractivity contribution in [3.63, 3.8) is 0 Å². The Morgan fingerprint density at radius 2 is 1.29 bits per heavy atom. The molecule has 0 aliphatic heterocycles. The molecule has 3 aromatic heterocycles. The SMILES string of the molecule is c1ccc(-c2cccc([S+](c3ccccc3)c3ccsc3)c2-c2cc(-c3ccsc3)cs2)cc1. The van der Waals surface area contributed by atoms with Gasteiger partial charge >= 0.3 is 0 Å². The van der Waals surface area contributed by atoms with Gasteiger partial charge in [-0.2, -0.15) is 11.3 Å². The molecule has 6 rings (SSSR count). The highest BCUT2D eigenvalue weighted by molar-refractivity contribution is 7.97. The van der Waals surface area contributed by atoms with E-state index in [1.54, 1.807) is 22.7 Å². The van der Waals surface area contributed by atoms with E-state index in [1.807, 2.05) is 11.3 Å². The second-order valence-corrected chi connectivity index (χ2v) is 12.3. The molecule has 0 nitrogen and oxygen atoms in total. The van der Waals surface area contributed by atoms with E-state index in [4.69, 9.17) is 0 Å². The smallest absolute Gasteiger partial charge is 0.152 e. The van der Waals surface area contributed by atoms with Gasteiger partial charge in [0, 0.05) is 16.3 Å². The maximum atomic E-state index is 2.37. The molecular formula is C30H21S4+. The van der Waals surface area contributed by atoms with Crippen molar-refractivity contribution in [3.8, 4) is 32.7 Å². The lowest BCUT2D eigenvalue weighted by atomic mass is 9.98. The second-order valence-electron chi connectivity index (χ2n) is 7.83. The molecule has 0 saturated heterocycles. The van der Waals surface area contributed by atoms with Gasteiger partial charge in [-0.3, -0.25) is 0 Å². The van der Waals surface area contributed by atoms with Gasteiger partial charge in [-0.05, 0) is 74.1 Å². The average molecular weight is 510 g/mol. The first-order valence-corrected chi connectivity index (χ1v) is 15.0. The lowest BCUT2D eigenvalue weighted by Gasteiger charge is -2.14. The molecule has 6 aromatic rings. The van der Waals surface area contributed by atoms with Crippen molar-refractivity contribution in [2.45, 2.75) is 14.7 Å². The number of benzene rings is 3. The van der Waals surface area contributed by atoms with Crippen LogP contribution < -0.4 is 0 Å². The van der Waals surface area contributed by atoms with Gasteiger partial charge in [0.1, 0.15) is 10.9 Å². The summed E-state index contributed by atoms with van der Waals surface area (Å²) in [4.78, 5) is 5.42. The van der Waals surface area contributed by atoms with Crippen molar-refractivity contribution < 1.29 is 0 Å². The Kier molecular flexibility index (Phi) is 6.21. The molecule has 0 N–H and O–H groups in total. The molecule has 0 amide bonds. The molecule has 1 atom stereocenters. The number of hydrogen-bond acceptors (Lipinski definition) is 3. The number of hydrogen-bond donors (Lipinski definition) is 0. The highest BCUT2D eigenvalue weighted by Crippen LogP contribution is 2.45. The molecule has 34 heavy (non-hydrogen) atoms. The van der Waals surface area contributed by atoms with Gasteiger partial charge in [0.05, 0.1) is 5.56 Å². The Balaban J connectivity index is 1.61. The molecule has 0 radical (unpaired) electrons. The fraction of sp³-hybridized carbons (Fsp3) is 0. The van der Waals surface area contributed by atoms with Crippen molar-refractivity contribution in [2.75, 3.05) is 0 Å². The first-order valence-electron chi connectivity index (χ1n) is 11.0. The maximum Gasteiger partial charge on any atom is 0.177 e. The van der Waals surface area contributed by atoms with Crippen molar-refractivity contribution in [2.24, 2.45) is 0 Å². The third kappa shape index (κ3) is 4.19. The van der Waals surface area contributed by atoms with Crippen LogP contribution in [0.25, 0.3) is 32.7 Å². The summed E-state index contributed by atoms with van der Waals surface area (Å²) in [5.41, 5.74) is 6.49. The summed E-state index contributed by atoms with van der Waals surface area (Å²) in [7, 11) is -0.188. The minimum atomic E-state index is -0.188. The molecule has 1 unspecified atom stereocenters. The zero-order valence-electron chi connectivity index (χ0n) is 18.3. The van der Waals surface area contributed by atoms with Gasteiger partial charge < -0.3 is 0 Å². The lowest BCUT2D eigenvalue weighted by Crippen LogP contribution is -2.06. The fourth-order valence-corrected chi connectivity index (χ4v) is 9.10. The molecule has 3 aromatic carbocycles. The number of rotatable bonds is 6. The average Bonchev–Trinajstić information content (AvgIpc) is 3.68. The van der Waals surface area contributed by atoms with E-state index in [1.165, 1.54) is 47.4 Å². The summed E-state index contributed by atoms with van der Waals surface area (Å²) < 4.78 is 0. The normalized spacial score (nSPS) is 12.0. The van der Waals surface area contributed by atoms with Crippen LogP contribution in [0.2, 0.25) is 0 Å². The van der Waals surface area contributed by atoms with Crippen molar-refractivity contribution >= 4 is 44.9 Å². The minimum Gasteiger partial charge on any atom is -0.152 e. The first-order chi connectivity index (χ1) is 16.9. The first kappa shape index (κ1) is 21.6. The molecule has 3 heterocycles. The van der Waals surface area contributed by atoms with Crippen LogP contribution in [0, 0.1) is 0 Å². The summed E-state index contributed by atoms with van der Waals surface area (Å²) in [6.45, 7) is 0. The summed E-state index contributed by atoms with van der Waals surface area (Å²) in [6, 6.07) is 35.5. The van der Waals surface area contributed by atoms with Crippen molar-refractivity contribution in [1.29, 1.82) is 0 Å². The van der Waals surface area contributed by atoms with Crippen molar-refractivity contribution in [3.05, 3.63) is 124 Å². The Morgan fingerprint density at radius 1 is 0.529 bits per heavy atom. The molecule has 164 valence electrons. The predicted molar refractivity (Wildman–Crippen MR) is 151 cm³/mol. The number of thiophene rings is 3. The lowest BCUT2D eigenvalue weighted by molar-refractivity contribution is 1.34. The van der Waals surface area contributed by atoms with Crippen LogP contribution in [-0.2, 0) is 10.9 Å². The van der Waals surface area contributed by atoms with Crippen LogP contribution >= 0.6 is 34.0 Å². The molecular weight excluding hydrogens is 489 g/mol. The Bertz CT molecular complexity index is 1480. The van der Waals surface area contributed by atoms with Crippen LogP contribution in [0.1, 0.15) is 0 Å². The second kappa shape index (κ2) is 9.77. The van der Waals surface area contributed by atoms with E-state index >= 15 is 0 Å². The fourth-order valence-electron chi connectivity index (χ4n) is 4.18. The van der Waals surface area contributed by atoms with Gasteiger partial charge in [0.2, 0.25) is 0 Å². The van der Waals surface area contributed by atoms with Crippen LogP contribution in [0.5, 0.6) is 0 Å². The van der Waals surface area contributed by atoms with Gasteiger partial charge in [-0.25, -0.2) is 0 Å². The zero-order chi connectivity index (χ0) is 22.7. The van der Waals surface area contributed by atoms with E-state index < -0.39 is 0 Å². The molecule has 0 spiro atoms. The van der Waals surface area contributed by atoms with E-state index in [0.717, 1.165) is 0 Å². The van der Waals surface area contributed by atoms with Gasteiger partial charge in [0.25, 0.3) is 0 Å². The zero-order valence-corrected chi connectivity index (χ0v) is 21.5. The van der Waals surface area contributed by atoms with Gasteiger partial charge in [0.15, 0.2) is 14.7 Å². The minimum absolute atomic E-state index is 0.188. The largest absolute Gasteiger partial charge is 0.177 e. The van der Waals surface area contributed by atoms with Crippen LogP contribution in [0.4, 0.5) is 0 Å². The van der Waals surface area contributed by atoms with E-state index in [-0.39, 0.29) is 10.9 Å². The quantitative estimate of drug-likeness (QED) is 0.196. The van der Waals surface area contributed by atoms with E-state index in [2.05, 4.69) is 124 Å². The molecule has 0 aliphatic rings. The summed E-state index contributed by atoms with van der Waals surface area (Å²) in [5.74, 6) is 0. The van der Waals surface area contributed by atoms with Crippen molar-refractivity contribution in [1.82, 2.24) is 0 Å². The van der Waals surface area contributed by atoms with Crippen LogP contribution in [-0.4, -0.2) is 0 Å². The summed E-state index contributed by atoms with van der Waals surface area (Å²) in [6.07, 6.45) is 0. The molecule has 0 bridgehead atoms. The third-order valence-corrected chi connectivity index (χ3v) is 10.5. The highest BCUT2D eigenvalue weighted by atomic mass is 32.2. The molecule has 0 fully saturated rings. The standard InChI is InChI=1S/C30H21S4/c1-3-8-22(9-4-1)27-12-7-13-29(30(27)28-18-24(20-33-28)23-14-16-31-19-23)34(26-15-17-32-21-26)25-10-5-2-6-11-25/h1-21H/q+1. The molecule has 0 saturated carbocycles. The van der Waals surface area contributed by atoms with Gasteiger partial charge in [-0.1, -0.05) is 60.7 Å². The van der Waals surface area contributed by atoms with E-state index in [9.17, 15) is 0 Å². The Morgan fingerprint density at radius 3 is 2.03 bits per heavy atom. The monoisotopic (exact) mass is 509 g/mol. The summed E-state index contributed by atoms with van der Waals surface area (Å²) >= 11 is 5.37. The Labute approximate surface area is 215 Å². The van der Waals surface area contributed by atoms with Crippen LogP contribution in [0.3, 0.4) is 0 Å². The Hall–Kier alpha value is -2.89. The summed E-state index contributed by atoms with van der Waals surface area (Å²) in [5, 5.41) is 11.2. The van der Waals surface area contributed by atoms with E-state index in [0.29, 0.717) is 0 Å². The molecule has 4 heteroatoms. The van der Waals surface area contributed by atoms with Gasteiger partial charge in [-0.15, -0.1) is 22.7 Å². The predicted octanol–water partition coefficient (Wildman–Crippen LogP) is 9.97. The maximum absolute atomic E-state index is 2.37. The molecule has 0 aliphatic carbocycles. The third-order valence-electron chi connectivity index (χ3n) is 5.74. The highest BCUT2D eigenvalue weighted by Gasteiger charge is 2.33.